The van der Waals surface area contributed by atoms with Crippen LogP contribution < -0.4 is 9.47 Å². The number of hydrogen-bond donors (Lipinski definition) is 0. The van der Waals surface area contributed by atoms with Crippen molar-refractivity contribution in [2.45, 2.75) is 18.9 Å². The average molecular weight is 233 g/mol. The monoisotopic (exact) mass is 233 g/mol. The van der Waals surface area contributed by atoms with E-state index in [0.29, 0.717) is 23.7 Å². The van der Waals surface area contributed by atoms with Gasteiger partial charge in [-0.15, -0.1) is 0 Å². The third kappa shape index (κ3) is 2.89. The number of ether oxygens (including phenoxy) is 3. The molecule has 0 amide bonds. The molecule has 0 radical (unpaired) electrons. The van der Waals surface area contributed by atoms with Crippen LogP contribution in [-0.2, 0) is 4.74 Å². The first-order chi connectivity index (χ1) is 8.33. The Morgan fingerprint density at radius 1 is 1.41 bits per heavy atom. The van der Waals surface area contributed by atoms with Gasteiger partial charge in [-0.1, -0.05) is 0 Å². The quantitative estimate of drug-likeness (QED) is 0.802. The maximum Gasteiger partial charge on any atom is 0.162 e. The van der Waals surface area contributed by atoms with Crippen LogP contribution in [0.5, 0.6) is 11.5 Å². The molecule has 1 aliphatic rings. The fourth-order valence-electron chi connectivity index (χ4n) is 1.82. The summed E-state index contributed by atoms with van der Waals surface area (Å²) in [5, 5.41) is 8.80. The van der Waals surface area contributed by atoms with Crippen LogP contribution in [0.4, 0.5) is 0 Å². The highest BCUT2D eigenvalue weighted by molar-refractivity contribution is 5.46. The van der Waals surface area contributed by atoms with Crippen molar-refractivity contribution >= 4 is 0 Å². The highest BCUT2D eigenvalue weighted by Gasteiger charge is 2.17. The molecule has 0 spiro atoms. The molecule has 0 bridgehead atoms. The van der Waals surface area contributed by atoms with Crippen molar-refractivity contribution in [3.63, 3.8) is 0 Å². The summed E-state index contributed by atoms with van der Waals surface area (Å²) in [6.45, 7) is 1.42. The van der Waals surface area contributed by atoms with Gasteiger partial charge in [0.1, 0.15) is 6.10 Å². The number of rotatable bonds is 3. The van der Waals surface area contributed by atoms with Gasteiger partial charge in [0.05, 0.1) is 25.3 Å². The molecule has 1 saturated heterocycles. The Morgan fingerprint density at radius 2 is 2.29 bits per heavy atom. The molecule has 0 aliphatic carbocycles. The smallest absolute Gasteiger partial charge is 0.162 e. The molecular formula is C13H15NO3. The topological polar surface area (TPSA) is 51.5 Å². The molecule has 17 heavy (non-hydrogen) atoms. The molecule has 4 nitrogen and oxygen atoms in total. The summed E-state index contributed by atoms with van der Waals surface area (Å²) in [4.78, 5) is 0. The number of methoxy groups -OCH3 is 1. The van der Waals surface area contributed by atoms with Crippen LogP contribution in [0.3, 0.4) is 0 Å². The highest BCUT2D eigenvalue weighted by atomic mass is 16.5. The van der Waals surface area contributed by atoms with Gasteiger partial charge < -0.3 is 14.2 Å². The normalized spacial score (nSPS) is 19.4. The van der Waals surface area contributed by atoms with Crippen LogP contribution in [0.15, 0.2) is 18.2 Å². The van der Waals surface area contributed by atoms with Crippen molar-refractivity contribution in [3.05, 3.63) is 23.8 Å². The molecule has 1 heterocycles. The van der Waals surface area contributed by atoms with E-state index in [1.807, 2.05) is 0 Å². The molecule has 1 aromatic rings. The summed E-state index contributed by atoms with van der Waals surface area (Å²) in [5.74, 6) is 1.26. The fourth-order valence-corrected chi connectivity index (χ4v) is 1.82. The van der Waals surface area contributed by atoms with Crippen LogP contribution in [0.25, 0.3) is 0 Å². The van der Waals surface area contributed by atoms with E-state index in [0.717, 1.165) is 19.4 Å². The lowest BCUT2D eigenvalue weighted by Gasteiger charge is -2.24. The molecule has 0 aromatic heterocycles. The third-order valence-electron chi connectivity index (χ3n) is 2.70. The van der Waals surface area contributed by atoms with Crippen LogP contribution >= 0.6 is 0 Å². The molecule has 1 unspecified atom stereocenters. The van der Waals surface area contributed by atoms with Gasteiger partial charge in [-0.25, -0.2) is 0 Å². The van der Waals surface area contributed by atoms with Crippen LogP contribution in [0.1, 0.15) is 18.4 Å². The van der Waals surface area contributed by atoms with Crippen LogP contribution in [0.2, 0.25) is 0 Å². The van der Waals surface area contributed by atoms with Crippen LogP contribution in [0, 0.1) is 11.3 Å². The minimum Gasteiger partial charge on any atom is -0.493 e. The first-order valence-electron chi connectivity index (χ1n) is 5.66. The first kappa shape index (κ1) is 11.7. The molecule has 1 aromatic carbocycles. The van der Waals surface area contributed by atoms with E-state index in [1.54, 1.807) is 25.3 Å². The summed E-state index contributed by atoms with van der Waals surface area (Å²) in [5.41, 5.74) is 0.564. The average Bonchev–Trinajstić information content (AvgIpc) is 2.40. The standard InChI is InChI=1S/C13H15NO3/c1-15-13-7-10(8-14)4-5-12(13)17-11-3-2-6-16-9-11/h4-5,7,11H,2-3,6,9H2,1H3. The fraction of sp³-hybridized carbons (Fsp3) is 0.462. The van der Waals surface area contributed by atoms with E-state index in [4.69, 9.17) is 19.5 Å². The molecule has 1 fully saturated rings. The third-order valence-corrected chi connectivity index (χ3v) is 2.70. The molecule has 0 saturated carbocycles. The Hall–Kier alpha value is -1.73. The molecule has 1 atom stereocenters. The van der Waals surface area contributed by atoms with Gasteiger partial charge in [-0.3, -0.25) is 0 Å². The van der Waals surface area contributed by atoms with E-state index in [-0.39, 0.29) is 6.10 Å². The molecular weight excluding hydrogens is 218 g/mol. The van der Waals surface area contributed by atoms with Gasteiger partial charge in [-0.05, 0) is 25.0 Å². The number of hydrogen-bond acceptors (Lipinski definition) is 4. The molecule has 4 heteroatoms. The lowest BCUT2D eigenvalue weighted by molar-refractivity contribution is 0.00644. The Balaban J connectivity index is 2.11. The molecule has 90 valence electrons. The zero-order valence-electron chi connectivity index (χ0n) is 9.81. The zero-order valence-corrected chi connectivity index (χ0v) is 9.81. The van der Waals surface area contributed by atoms with Crippen LogP contribution in [-0.4, -0.2) is 26.4 Å². The summed E-state index contributed by atoms with van der Waals surface area (Å²) in [6.07, 6.45) is 2.08. The Kier molecular flexibility index (Phi) is 3.84. The molecule has 0 N–H and O–H groups in total. The van der Waals surface area contributed by atoms with Gasteiger partial charge in [0.15, 0.2) is 11.5 Å². The van der Waals surface area contributed by atoms with Crippen molar-refractivity contribution < 1.29 is 14.2 Å². The van der Waals surface area contributed by atoms with Crippen molar-refractivity contribution in [2.24, 2.45) is 0 Å². The van der Waals surface area contributed by atoms with Crippen molar-refractivity contribution in [1.29, 1.82) is 5.26 Å². The SMILES string of the molecule is COc1cc(C#N)ccc1OC1CCCOC1. The zero-order chi connectivity index (χ0) is 12.1. The minimum absolute atomic E-state index is 0.0746. The summed E-state index contributed by atoms with van der Waals surface area (Å²) >= 11 is 0. The highest BCUT2D eigenvalue weighted by Crippen LogP contribution is 2.29. The van der Waals surface area contributed by atoms with E-state index in [1.165, 1.54) is 0 Å². The second-order valence-corrected chi connectivity index (χ2v) is 3.93. The van der Waals surface area contributed by atoms with E-state index in [9.17, 15) is 0 Å². The summed E-state index contributed by atoms with van der Waals surface area (Å²) in [6, 6.07) is 7.25. The number of benzene rings is 1. The number of nitrogens with zero attached hydrogens (tertiary/aromatic N) is 1. The van der Waals surface area contributed by atoms with Gasteiger partial charge in [0.2, 0.25) is 0 Å². The number of nitriles is 1. The van der Waals surface area contributed by atoms with Gasteiger partial charge in [0, 0.05) is 12.7 Å². The largest absolute Gasteiger partial charge is 0.493 e. The summed E-state index contributed by atoms with van der Waals surface area (Å²) < 4.78 is 16.4. The van der Waals surface area contributed by atoms with Crippen molar-refractivity contribution in [3.8, 4) is 17.6 Å². The van der Waals surface area contributed by atoms with E-state index in [2.05, 4.69) is 6.07 Å². The van der Waals surface area contributed by atoms with E-state index < -0.39 is 0 Å². The predicted octanol–water partition coefficient (Wildman–Crippen LogP) is 2.12. The lowest BCUT2D eigenvalue weighted by atomic mass is 10.1. The maximum atomic E-state index is 8.80. The maximum absolute atomic E-state index is 8.80. The summed E-state index contributed by atoms with van der Waals surface area (Å²) in [7, 11) is 1.57. The molecule has 1 aliphatic heterocycles. The van der Waals surface area contributed by atoms with Gasteiger partial charge >= 0.3 is 0 Å². The predicted molar refractivity (Wildman–Crippen MR) is 62.2 cm³/mol. The first-order valence-corrected chi connectivity index (χ1v) is 5.66. The molecule has 2 rings (SSSR count). The van der Waals surface area contributed by atoms with Gasteiger partial charge in [0.25, 0.3) is 0 Å². The second-order valence-electron chi connectivity index (χ2n) is 3.93. The Labute approximate surface area is 101 Å². The lowest BCUT2D eigenvalue weighted by Crippen LogP contribution is -2.28. The minimum atomic E-state index is 0.0746. The Morgan fingerprint density at radius 3 is 2.94 bits per heavy atom. The Bertz CT molecular complexity index is 419. The van der Waals surface area contributed by atoms with Gasteiger partial charge in [-0.2, -0.15) is 5.26 Å². The second kappa shape index (κ2) is 5.55. The van der Waals surface area contributed by atoms with Crippen molar-refractivity contribution in [1.82, 2.24) is 0 Å². The van der Waals surface area contributed by atoms with Crippen molar-refractivity contribution in [2.75, 3.05) is 20.3 Å². The van der Waals surface area contributed by atoms with E-state index >= 15 is 0 Å².